The number of benzene rings is 1. The second kappa shape index (κ2) is 6.72. The zero-order valence-corrected chi connectivity index (χ0v) is 15.0. The molecular formula is C17H22FNO4S. The van der Waals surface area contributed by atoms with Crippen LogP contribution in [0.2, 0.25) is 0 Å². The minimum absolute atomic E-state index is 0.200. The van der Waals surface area contributed by atoms with E-state index in [9.17, 15) is 19.1 Å². The molecule has 1 aliphatic carbocycles. The number of hydrogen-bond donors (Lipinski definition) is 2. The lowest BCUT2D eigenvalue weighted by Crippen LogP contribution is -2.76. The highest BCUT2D eigenvalue weighted by molar-refractivity contribution is 7.98. The Morgan fingerprint density at radius 3 is 2.62 bits per heavy atom. The number of aliphatic carboxylic acids is 1. The molecule has 5 nitrogen and oxygen atoms in total. The van der Waals surface area contributed by atoms with Gasteiger partial charge in [-0.25, -0.2) is 9.18 Å². The van der Waals surface area contributed by atoms with Crippen LogP contribution in [0.15, 0.2) is 23.1 Å². The molecule has 2 unspecified atom stereocenters. The third-order valence-corrected chi connectivity index (χ3v) is 5.62. The number of amides is 1. The number of carboxylic acids is 1. The average Bonchev–Trinajstić information content (AvgIpc) is 2.53. The number of carbonyl (C=O) groups is 2. The van der Waals surface area contributed by atoms with Gasteiger partial charge < -0.3 is 15.2 Å². The van der Waals surface area contributed by atoms with Crippen LogP contribution in [0.3, 0.4) is 0 Å². The van der Waals surface area contributed by atoms with E-state index in [1.807, 2.05) is 6.92 Å². The molecule has 0 saturated heterocycles. The molecule has 0 aromatic heterocycles. The fourth-order valence-corrected chi connectivity index (χ4v) is 3.61. The van der Waals surface area contributed by atoms with Crippen molar-refractivity contribution < 1.29 is 23.8 Å². The fourth-order valence-electron chi connectivity index (χ4n) is 3.10. The normalized spacial score (nSPS) is 25.0. The Hall–Kier alpha value is -1.60. The first-order valence-electron chi connectivity index (χ1n) is 7.70. The molecule has 24 heavy (non-hydrogen) atoms. The molecular weight excluding hydrogens is 333 g/mol. The summed E-state index contributed by atoms with van der Waals surface area (Å²) in [6.45, 7) is 5.86. The van der Waals surface area contributed by atoms with Crippen LogP contribution in [-0.2, 0) is 9.53 Å². The molecule has 0 aliphatic heterocycles. The van der Waals surface area contributed by atoms with Gasteiger partial charge in [0.2, 0.25) is 0 Å². The summed E-state index contributed by atoms with van der Waals surface area (Å²) in [5, 5.41) is 12.4. The molecule has 7 heteroatoms. The Morgan fingerprint density at radius 1 is 1.46 bits per heavy atom. The van der Waals surface area contributed by atoms with Gasteiger partial charge in [0.05, 0.1) is 6.10 Å². The van der Waals surface area contributed by atoms with Gasteiger partial charge in [-0.15, -0.1) is 11.8 Å². The average molecular weight is 355 g/mol. The zero-order valence-electron chi connectivity index (χ0n) is 14.2. The van der Waals surface area contributed by atoms with Gasteiger partial charge in [0.15, 0.2) is 0 Å². The summed E-state index contributed by atoms with van der Waals surface area (Å²) in [6, 6.07) is 3.99. The molecule has 1 fully saturated rings. The lowest BCUT2D eigenvalue weighted by atomic mass is 9.54. The van der Waals surface area contributed by atoms with Crippen molar-refractivity contribution >= 4 is 23.6 Å². The predicted molar refractivity (Wildman–Crippen MR) is 89.8 cm³/mol. The molecule has 1 saturated carbocycles. The molecule has 0 heterocycles. The molecule has 0 radical (unpaired) electrons. The highest BCUT2D eigenvalue weighted by Gasteiger charge is 2.66. The number of nitrogens with one attached hydrogen (secondary N) is 1. The Morgan fingerprint density at radius 2 is 2.12 bits per heavy atom. The van der Waals surface area contributed by atoms with Crippen LogP contribution in [0.1, 0.15) is 37.6 Å². The molecule has 1 aromatic rings. The number of thioether (sulfide) groups is 1. The third-order valence-electron chi connectivity index (χ3n) is 4.87. The smallest absolute Gasteiger partial charge is 0.330 e. The van der Waals surface area contributed by atoms with E-state index in [4.69, 9.17) is 4.74 Å². The molecule has 0 spiro atoms. The number of carbonyl (C=O) groups excluding carboxylic acids is 1. The van der Waals surface area contributed by atoms with Crippen molar-refractivity contribution in [3.8, 4) is 0 Å². The van der Waals surface area contributed by atoms with E-state index in [1.54, 1.807) is 20.1 Å². The summed E-state index contributed by atoms with van der Waals surface area (Å²) >= 11 is 1.19. The largest absolute Gasteiger partial charge is 0.479 e. The summed E-state index contributed by atoms with van der Waals surface area (Å²) < 4.78 is 19.1. The van der Waals surface area contributed by atoms with E-state index in [2.05, 4.69) is 5.32 Å². The van der Waals surface area contributed by atoms with E-state index in [-0.39, 0.29) is 18.1 Å². The van der Waals surface area contributed by atoms with E-state index in [0.717, 1.165) is 0 Å². The fraction of sp³-hybridized carbons (Fsp3) is 0.529. The first kappa shape index (κ1) is 18.7. The van der Waals surface area contributed by atoms with Crippen molar-refractivity contribution in [3.05, 3.63) is 29.6 Å². The number of rotatable bonds is 6. The zero-order chi connectivity index (χ0) is 18.1. The second-order valence-corrected chi connectivity index (χ2v) is 7.23. The molecule has 2 N–H and O–H groups in total. The van der Waals surface area contributed by atoms with Gasteiger partial charge in [-0.1, -0.05) is 13.8 Å². The van der Waals surface area contributed by atoms with Gasteiger partial charge in [0.1, 0.15) is 11.4 Å². The maximum atomic E-state index is 13.6. The van der Waals surface area contributed by atoms with Crippen LogP contribution in [-0.4, -0.2) is 41.5 Å². The van der Waals surface area contributed by atoms with E-state index in [1.165, 1.54) is 30.0 Å². The van der Waals surface area contributed by atoms with Crippen molar-refractivity contribution in [2.75, 3.05) is 12.9 Å². The minimum Gasteiger partial charge on any atom is -0.479 e. The van der Waals surface area contributed by atoms with E-state index < -0.39 is 28.6 Å². The van der Waals surface area contributed by atoms with Crippen molar-refractivity contribution in [3.63, 3.8) is 0 Å². The van der Waals surface area contributed by atoms with Crippen molar-refractivity contribution in [1.82, 2.24) is 5.32 Å². The lowest BCUT2D eigenvalue weighted by Gasteiger charge is -2.58. The second-order valence-electron chi connectivity index (χ2n) is 6.38. The molecule has 1 amide bonds. The Labute approximate surface area is 145 Å². The van der Waals surface area contributed by atoms with Crippen molar-refractivity contribution in [2.45, 2.75) is 43.7 Å². The highest BCUT2D eigenvalue weighted by Crippen LogP contribution is 2.51. The van der Waals surface area contributed by atoms with Crippen LogP contribution in [0, 0.1) is 11.2 Å². The van der Waals surface area contributed by atoms with Gasteiger partial charge in [-0.05, 0) is 31.4 Å². The number of ether oxygens (including phenoxy) is 1. The predicted octanol–water partition coefficient (Wildman–Crippen LogP) is 2.94. The topological polar surface area (TPSA) is 75.6 Å². The van der Waals surface area contributed by atoms with Crippen molar-refractivity contribution in [2.24, 2.45) is 5.41 Å². The SMILES string of the molecule is CCOC1CC(NC(=O)c2ccc(F)c(SC)c2)(C(=O)O)C1(C)C. The van der Waals surface area contributed by atoms with E-state index in [0.29, 0.717) is 11.5 Å². The van der Waals surface area contributed by atoms with Crippen LogP contribution in [0.5, 0.6) is 0 Å². The number of halogens is 1. The van der Waals surface area contributed by atoms with Crippen LogP contribution >= 0.6 is 11.8 Å². The monoisotopic (exact) mass is 355 g/mol. The number of carboxylic acid groups (broad SMARTS) is 1. The summed E-state index contributed by atoms with van der Waals surface area (Å²) in [7, 11) is 0. The maximum absolute atomic E-state index is 13.6. The van der Waals surface area contributed by atoms with Crippen molar-refractivity contribution in [1.29, 1.82) is 0 Å². The quantitative estimate of drug-likeness (QED) is 0.768. The van der Waals surface area contributed by atoms with Gasteiger partial charge in [-0.3, -0.25) is 4.79 Å². The minimum atomic E-state index is -1.40. The van der Waals surface area contributed by atoms with Gasteiger partial charge in [0.25, 0.3) is 5.91 Å². The first-order valence-corrected chi connectivity index (χ1v) is 8.93. The first-order chi connectivity index (χ1) is 11.2. The molecule has 2 rings (SSSR count). The Bertz CT molecular complexity index is 664. The Kier molecular flexibility index (Phi) is 5.25. The molecule has 1 aromatic carbocycles. The van der Waals surface area contributed by atoms with Gasteiger partial charge >= 0.3 is 5.97 Å². The summed E-state index contributed by atoms with van der Waals surface area (Å²) in [5.74, 6) is -2.04. The molecule has 2 atom stereocenters. The van der Waals surface area contributed by atoms with Gasteiger partial charge in [0, 0.05) is 28.9 Å². The molecule has 1 aliphatic rings. The lowest BCUT2D eigenvalue weighted by molar-refractivity contribution is -0.190. The standard InChI is InChI=1S/C17H22FNO4S/c1-5-23-13-9-17(15(21)22,16(13,2)3)19-14(20)10-6-7-11(18)12(8-10)24-4/h6-8,13H,5,9H2,1-4H3,(H,19,20)(H,21,22). The molecule has 132 valence electrons. The third kappa shape index (κ3) is 2.91. The summed E-state index contributed by atoms with van der Waals surface area (Å²) in [5.41, 5.74) is -1.93. The van der Waals surface area contributed by atoms with Crippen LogP contribution in [0.4, 0.5) is 4.39 Å². The van der Waals surface area contributed by atoms with Crippen LogP contribution in [0.25, 0.3) is 0 Å². The van der Waals surface area contributed by atoms with Gasteiger partial charge in [-0.2, -0.15) is 0 Å². The number of hydrogen-bond acceptors (Lipinski definition) is 4. The summed E-state index contributed by atoms with van der Waals surface area (Å²) in [6.07, 6.45) is 1.67. The van der Waals surface area contributed by atoms with E-state index >= 15 is 0 Å². The summed E-state index contributed by atoms with van der Waals surface area (Å²) in [4.78, 5) is 24.8. The highest BCUT2D eigenvalue weighted by atomic mass is 32.2. The maximum Gasteiger partial charge on any atom is 0.330 e. The van der Waals surface area contributed by atoms with Crippen LogP contribution < -0.4 is 5.32 Å². The molecule has 0 bridgehead atoms. The Balaban J connectivity index is 2.27.